The summed E-state index contributed by atoms with van der Waals surface area (Å²) in [5, 5.41) is 0. The van der Waals surface area contributed by atoms with Crippen molar-refractivity contribution in [3.63, 3.8) is 0 Å². The molecule has 2 rings (SSSR count). The molecule has 0 saturated heterocycles. The molecule has 2 aromatic rings. The van der Waals surface area contributed by atoms with E-state index in [1.807, 2.05) is 36.4 Å². The van der Waals surface area contributed by atoms with E-state index in [-0.39, 0.29) is 51.4 Å². The minimum Gasteiger partial charge on any atom is -0.0906 e. The minimum absolute atomic E-state index is 0. The molecule has 0 aromatic heterocycles. The second-order valence-electron chi connectivity index (χ2n) is 3.21. The Morgan fingerprint density at radius 1 is 0.667 bits per heavy atom. The van der Waals surface area contributed by atoms with E-state index in [0.29, 0.717) is 0 Å². The van der Waals surface area contributed by atoms with Gasteiger partial charge in [0, 0.05) is 0 Å². The zero-order valence-corrected chi connectivity index (χ0v) is 12.1. The van der Waals surface area contributed by atoms with Gasteiger partial charge in [-0.25, -0.2) is 0 Å². The predicted octanol–water partition coefficient (Wildman–Crippen LogP) is 0.752. The van der Waals surface area contributed by atoms with Crippen LogP contribution in [-0.4, -0.2) is 0 Å². The van der Waals surface area contributed by atoms with Gasteiger partial charge in [0.25, 0.3) is 0 Å². The number of hydrogen-bond acceptors (Lipinski definition) is 0. The van der Waals surface area contributed by atoms with E-state index in [1.54, 1.807) is 0 Å². The van der Waals surface area contributed by atoms with Gasteiger partial charge < -0.3 is 0 Å². The third kappa shape index (κ3) is 3.40. The van der Waals surface area contributed by atoms with Crippen LogP contribution in [0.25, 0.3) is 5.57 Å². The van der Waals surface area contributed by atoms with Gasteiger partial charge in [0.05, 0.1) is 0 Å². The number of hydrogen-bond donors (Lipinski definition) is 0. The Morgan fingerprint density at radius 2 is 1.00 bits per heavy atom. The molecule has 0 nitrogen and oxygen atoms in total. The first-order chi connectivity index (χ1) is 6.88. The molecule has 0 aliphatic carbocycles. The van der Waals surface area contributed by atoms with E-state index < -0.39 is 0 Å². The molecule has 0 amide bonds. The van der Waals surface area contributed by atoms with Gasteiger partial charge in [0.1, 0.15) is 0 Å². The maximum Gasteiger partial charge on any atom is 1.00 e. The molecule has 0 spiro atoms. The molecule has 0 radical (unpaired) electrons. The van der Waals surface area contributed by atoms with E-state index >= 15 is 0 Å². The summed E-state index contributed by atoms with van der Waals surface area (Å²) in [6.07, 6.45) is 0. The zero-order valence-electron chi connectivity index (χ0n) is 8.98. The molecule has 0 atom stereocenters. The van der Waals surface area contributed by atoms with Crippen molar-refractivity contribution in [2.24, 2.45) is 0 Å². The van der Waals surface area contributed by atoms with Crippen molar-refractivity contribution >= 4 is 5.57 Å². The van der Waals surface area contributed by atoms with Crippen LogP contribution in [0.15, 0.2) is 67.2 Å². The van der Waals surface area contributed by atoms with Gasteiger partial charge in [-0.05, 0) is 16.7 Å². The predicted molar refractivity (Wildman–Crippen MR) is 61.0 cm³/mol. The molecule has 1 heteroatoms. The van der Waals surface area contributed by atoms with Crippen LogP contribution in [-0.2, 0) is 0 Å². The summed E-state index contributed by atoms with van der Waals surface area (Å²) in [6, 6.07) is 20.5. The van der Waals surface area contributed by atoms with Crippen molar-refractivity contribution in [2.45, 2.75) is 0 Å². The Hall–Kier alpha value is -0.184. The van der Waals surface area contributed by atoms with Crippen molar-refractivity contribution in [3.8, 4) is 0 Å². The molecule has 15 heavy (non-hydrogen) atoms. The van der Waals surface area contributed by atoms with Gasteiger partial charge >= 0.3 is 51.4 Å². The Labute approximate surface area is 133 Å². The van der Waals surface area contributed by atoms with Gasteiger partial charge in [0.15, 0.2) is 0 Å². The van der Waals surface area contributed by atoms with Gasteiger partial charge in [-0.15, -0.1) is 0 Å². The first kappa shape index (κ1) is 12.9. The largest absolute Gasteiger partial charge is 1.00 e. The Kier molecular flexibility index (Phi) is 5.51. The average molecular weight is 219 g/mol. The quantitative estimate of drug-likeness (QED) is 0.654. The van der Waals surface area contributed by atoms with Crippen LogP contribution in [0.3, 0.4) is 0 Å². The Morgan fingerprint density at radius 3 is 1.33 bits per heavy atom. The molecule has 0 aliphatic heterocycles. The molecule has 0 saturated carbocycles. The molecular formula is C14H12K+. The van der Waals surface area contributed by atoms with Gasteiger partial charge in [-0.2, -0.15) is 0 Å². The summed E-state index contributed by atoms with van der Waals surface area (Å²) in [4.78, 5) is 0. The summed E-state index contributed by atoms with van der Waals surface area (Å²) >= 11 is 0. The summed E-state index contributed by atoms with van der Waals surface area (Å²) in [5.41, 5.74) is 3.43. The smallest absolute Gasteiger partial charge is 0.0906 e. The normalized spacial score (nSPS) is 9.07. The average Bonchev–Trinajstić information content (AvgIpc) is 2.30. The van der Waals surface area contributed by atoms with Crippen molar-refractivity contribution < 1.29 is 51.4 Å². The van der Waals surface area contributed by atoms with Crippen LogP contribution in [0.5, 0.6) is 0 Å². The summed E-state index contributed by atoms with van der Waals surface area (Å²) in [7, 11) is 0. The molecule has 0 unspecified atom stereocenters. The monoisotopic (exact) mass is 219 g/mol. The van der Waals surface area contributed by atoms with Gasteiger partial charge in [-0.3, -0.25) is 0 Å². The second kappa shape index (κ2) is 6.41. The number of benzene rings is 2. The minimum atomic E-state index is 0. The van der Waals surface area contributed by atoms with Crippen LogP contribution in [0.1, 0.15) is 11.1 Å². The van der Waals surface area contributed by atoms with E-state index in [4.69, 9.17) is 0 Å². The molecule has 0 N–H and O–H groups in total. The third-order valence-corrected chi connectivity index (χ3v) is 2.24. The van der Waals surface area contributed by atoms with Crippen molar-refractivity contribution in [2.75, 3.05) is 0 Å². The maximum absolute atomic E-state index is 4.10. The van der Waals surface area contributed by atoms with Gasteiger partial charge in [0.2, 0.25) is 0 Å². The SMILES string of the molecule is C=C(c1ccccc1)c1ccccc1.[K+]. The fourth-order valence-corrected chi connectivity index (χ4v) is 1.45. The summed E-state index contributed by atoms with van der Waals surface area (Å²) < 4.78 is 0. The molecule has 68 valence electrons. The van der Waals surface area contributed by atoms with Crippen molar-refractivity contribution in [1.82, 2.24) is 0 Å². The Bertz CT molecular complexity index is 376. The van der Waals surface area contributed by atoms with Crippen molar-refractivity contribution in [3.05, 3.63) is 78.4 Å². The second-order valence-corrected chi connectivity index (χ2v) is 3.21. The molecule has 0 fully saturated rings. The standard InChI is InChI=1S/C14H12.K/c1-12(13-8-4-2-5-9-13)14-10-6-3-7-11-14;/h2-11H,1H2;/q;+1. The molecule has 0 aliphatic rings. The van der Waals surface area contributed by atoms with Crippen LogP contribution >= 0.6 is 0 Å². The van der Waals surface area contributed by atoms with E-state index in [9.17, 15) is 0 Å². The van der Waals surface area contributed by atoms with Crippen molar-refractivity contribution in [1.29, 1.82) is 0 Å². The van der Waals surface area contributed by atoms with Gasteiger partial charge in [-0.1, -0.05) is 67.2 Å². The van der Waals surface area contributed by atoms with E-state index in [1.165, 1.54) is 11.1 Å². The summed E-state index contributed by atoms with van der Waals surface area (Å²) in [6.45, 7) is 4.10. The van der Waals surface area contributed by atoms with Crippen LogP contribution in [0.2, 0.25) is 0 Å². The molecule has 2 aromatic carbocycles. The van der Waals surface area contributed by atoms with E-state index in [0.717, 1.165) is 5.57 Å². The first-order valence-corrected chi connectivity index (χ1v) is 4.67. The third-order valence-electron chi connectivity index (χ3n) is 2.24. The fourth-order valence-electron chi connectivity index (χ4n) is 1.45. The first-order valence-electron chi connectivity index (χ1n) is 4.67. The molecule has 0 bridgehead atoms. The topological polar surface area (TPSA) is 0 Å². The number of rotatable bonds is 2. The van der Waals surface area contributed by atoms with Crippen LogP contribution in [0, 0.1) is 0 Å². The van der Waals surface area contributed by atoms with Crippen LogP contribution < -0.4 is 51.4 Å². The zero-order chi connectivity index (χ0) is 9.80. The summed E-state index contributed by atoms with van der Waals surface area (Å²) in [5.74, 6) is 0. The fraction of sp³-hybridized carbons (Fsp3) is 0. The van der Waals surface area contributed by atoms with Crippen LogP contribution in [0.4, 0.5) is 0 Å². The Balaban J connectivity index is 0.00000112. The maximum atomic E-state index is 4.10. The van der Waals surface area contributed by atoms with E-state index in [2.05, 4.69) is 30.8 Å². The molecular weight excluding hydrogens is 207 g/mol. The molecule has 0 heterocycles.